The van der Waals surface area contributed by atoms with E-state index in [-0.39, 0.29) is 6.54 Å². The number of amides is 1. The SMILES string of the molecule is Cc1ncc(N(CC(N)=O)Cc2ccc(N)cc2)nc1C. The van der Waals surface area contributed by atoms with Gasteiger partial charge in [0.2, 0.25) is 5.91 Å². The predicted molar refractivity (Wildman–Crippen MR) is 82.6 cm³/mol. The summed E-state index contributed by atoms with van der Waals surface area (Å²) >= 11 is 0. The molecule has 1 aromatic carbocycles. The Morgan fingerprint density at radius 2 is 1.86 bits per heavy atom. The molecule has 0 aliphatic rings. The van der Waals surface area contributed by atoms with Crippen molar-refractivity contribution in [2.45, 2.75) is 20.4 Å². The molecule has 21 heavy (non-hydrogen) atoms. The zero-order valence-electron chi connectivity index (χ0n) is 12.2. The van der Waals surface area contributed by atoms with Crippen molar-refractivity contribution in [3.05, 3.63) is 47.4 Å². The maximum atomic E-state index is 11.3. The number of aryl methyl sites for hydroxylation is 2. The Bertz CT molecular complexity index is 639. The van der Waals surface area contributed by atoms with Crippen LogP contribution in [0.3, 0.4) is 0 Å². The number of benzene rings is 1. The van der Waals surface area contributed by atoms with Crippen molar-refractivity contribution in [2.24, 2.45) is 5.73 Å². The van der Waals surface area contributed by atoms with Crippen molar-refractivity contribution in [2.75, 3.05) is 17.2 Å². The highest BCUT2D eigenvalue weighted by molar-refractivity contribution is 5.79. The fourth-order valence-electron chi connectivity index (χ4n) is 1.93. The van der Waals surface area contributed by atoms with Gasteiger partial charge >= 0.3 is 0 Å². The van der Waals surface area contributed by atoms with Gasteiger partial charge in [-0.3, -0.25) is 9.78 Å². The molecule has 0 spiro atoms. The zero-order chi connectivity index (χ0) is 15.4. The van der Waals surface area contributed by atoms with Gasteiger partial charge in [0.1, 0.15) is 5.82 Å². The Hall–Kier alpha value is -2.63. The molecule has 0 unspecified atom stereocenters. The van der Waals surface area contributed by atoms with E-state index >= 15 is 0 Å². The van der Waals surface area contributed by atoms with E-state index in [9.17, 15) is 4.79 Å². The minimum absolute atomic E-state index is 0.0849. The molecule has 0 atom stereocenters. The first-order valence-corrected chi connectivity index (χ1v) is 6.63. The van der Waals surface area contributed by atoms with Gasteiger partial charge in [-0.05, 0) is 31.5 Å². The molecule has 0 saturated carbocycles. The number of primary amides is 1. The molecule has 0 bridgehead atoms. The largest absolute Gasteiger partial charge is 0.399 e. The molecule has 0 radical (unpaired) electrons. The lowest BCUT2D eigenvalue weighted by atomic mass is 10.2. The van der Waals surface area contributed by atoms with Crippen LogP contribution < -0.4 is 16.4 Å². The van der Waals surface area contributed by atoms with Crippen LogP contribution in [0.2, 0.25) is 0 Å². The number of carbonyl (C=O) groups is 1. The quantitative estimate of drug-likeness (QED) is 0.803. The van der Waals surface area contributed by atoms with Gasteiger partial charge < -0.3 is 16.4 Å². The number of hydrogen-bond donors (Lipinski definition) is 2. The third kappa shape index (κ3) is 3.92. The van der Waals surface area contributed by atoms with Gasteiger partial charge in [0, 0.05) is 12.2 Å². The number of rotatable bonds is 5. The number of nitrogens with two attached hydrogens (primary N) is 2. The second-order valence-corrected chi connectivity index (χ2v) is 4.96. The second-order valence-electron chi connectivity index (χ2n) is 4.96. The molecule has 6 heteroatoms. The molecule has 0 aliphatic carbocycles. The molecule has 4 N–H and O–H groups in total. The summed E-state index contributed by atoms with van der Waals surface area (Å²) in [5.74, 6) is 0.221. The van der Waals surface area contributed by atoms with Gasteiger partial charge in [-0.2, -0.15) is 0 Å². The van der Waals surface area contributed by atoms with E-state index in [1.54, 1.807) is 11.1 Å². The van der Waals surface area contributed by atoms with Crippen LogP contribution in [-0.4, -0.2) is 22.4 Å². The van der Waals surface area contributed by atoms with Crippen molar-refractivity contribution >= 4 is 17.4 Å². The molecule has 1 amide bonds. The van der Waals surface area contributed by atoms with Crippen LogP contribution in [0.1, 0.15) is 17.0 Å². The first-order chi connectivity index (χ1) is 9.95. The number of nitrogen functional groups attached to an aromatic ring is 1. The molecule has 6 nitrogen and oxygen atoms in total. The maximum absolute atomic E-state index is 11.3. The van der Waals surface area contributed by atoms with E-state index in [0.29, 0.717) is 18.1 Å². The highest BCUT2D eigenvalue weighted by atomic mass is 16.1. The number of nitrogens with zero attached hydrogens (tertiary/aromatic N) is 3. The number of carbonyl (C=O) groups excluding carboxylic acids is 1. The minimum atomic E-state index is -0.412. The van der Waals surface area contributed by atoms with Crippen molar-refractivity contribution in [1.29, 1.82) is 0 Å². The predicted octanol–water partition coefficient (Wildman–Crippen LogP) is 1.17. The fourth-order valence-corrected chi connectivity index (χ4v) is 1.93. The van der Waals surface area contributed by atoms with Crippen LogP contribution in [0.4, 0.5) is 11.5 Å². The van der Waals surface area contributed by atoms with Crippen molar-refractivity contribution in [3.8, 4) is 0 Å². The smallest absolute Gasteiger partial charge is 0.237 e. The fraction of sp³-hybridized carbons (Fsp3) is 0.267. The van der Waals surface area contributed by atoms with Gasteiger partial charge in [-0.25, -0.2) is 4.98 Å². The molecule has 110 valence electrons. The first kappa shape index (κ1) is 14.8. The third-order valence-electron chi connectivity index (χ3n) is 3.20. The van der Waals surface area contributed by atoms with E-state index in [1.165, 1.54) is 0 Å². The van der Waals surface area contributed by atoms with Crippen LogP contribution in [-0.2, 0) is 11.3 Å². The van der Waals surface area contributed by atoms with Gasteiger partial charge in [-0.15, -0.1) is 0 Å². The van der Waals surface area contributed by atoms with Crippen LogP contribution in [0.15, 0.2) is 30.5 Å². The van der Waals surface area contributed by atoms with Crippen molar-refractivity contribution < 1.29 is 4.79 Å². The maximum Gasteiger partial charge on any atom is 0.237 e. The topological polar surface area (TPSA) is 98.1 Å². The first-order valence-electron chi connectivity index (χ1n) is 6.63. The number of anilines is 2. The highest BCUT2D eigenvalue weighted by Crippen LogP contribution is 2.16. The summed E-state index contributed by atoms with van der Waals surface area (Å²) in [6, 6.07) is 7.48. The standard InChI is InChI=1S/C15H19N5O/c1-10-11(2)19-15(7-18-10)20(9-14(17)21)8-12-3-5-13(16)6-4-12/h3-7H,8-9,16H2,1-2H3,(H2,17,21). The second kappa shape index (κ2) is 6.21. The lowest BCUT2D eigenvalue weighted by Crippen LogP contribution is -2.34. The van der Waals surface area contributed by atoms with Gasteiger partial charge in [0.05, 0.1) is 24.1 Å². The Labute approximate surface area is 123 Å². The summed E-state index contributed by atoms with van der Waals surface area (Å²) < 4.78 is 0. The van der Waals surface area contributed by atoms with Gasteiger partial charge in [0.25, 0.3) is 0 Å². The van der Waals surface area contributed by atoms with Gasteiger partial charge in [0.15, 0.2) is 0 Å². The zero-order valence-corrected chi connectivity index (χ0v) is 12.2. The normalized spacial score (nSPS) is 10.4. The molecule has 0 saturated heterocycles. The molecular weight excluding hydrogens is 266 g/mol. The molecule has 2 aromatic rings. The average Bonchev–Trinajstić information content (AvgIpc) is 2.43. The Morgan fingerprint density at radius 3 is 2.43 bits per heavy atom. The third-order valence-corrected chi connectivity index (χ3v) is 3.20. The van der Waals surface area contributed by atoms with Crippen LogP contribution in [0.25, 0.3) is 0 Å². The van der Waals surface area contributed by atoms with Gasteiger partial charge in [-0.1, -0.05) is 12.1 Å². The Kier molecular flexibility index (Phi) is 4.37. The van der Waals surface area contributed by atoms with Crippen LogP contribution in [0, 0.1) is 13.8 Å². The van der Waals surface area contributed by atoms with E-state index in [0.717, 1.165) is 17.0 Å². The minimum Gasteiger partial charge on any atom is -0.399 e. The van der Waals surface area contributed by atoms with E-state index in [2.05, 4.69) is 9.97 Å². The average molecular weight is 285 g/mol. The van der Waals surface area contributed by atoms with E-state index < -0.39 is 5.91 Å². The lowest BCUT2D eigenvalue weighted by Gasteiger charge is -2.22. The van der Waals surface area contributed by atoms with E-state index in [4.69, 9.17) is 11.5 Å². The van der Waals surface area contributed by atoms with Crippen molar-refractivity contribution in [1.82, 2.24) is 9.97 Å². The van der Waals surface area contributed by atoms with E-state index in [1.807, 2.05) is 38.1 Å². The molecule has 2 rings (SSSR count). The van der Waals surface area contributed by atoms with Crippen molar-refractivity contribution in [3.63, 3.8) is 0 Å². The summed E-state index contributed by atoms with van der Waals surface area (Å²) in [5, 5.41) is 0. The van der Waals surface area contributed by atoms with Crippen LogP contribution in [0.5, 0.6) is 0 Å². The summed E-state index contributed by atoms with van der Waals surface area (Å²) in [6.07, 6.45) is 1.66. The molecular formula is C15H19N5O. The molecule has 0 fully saturated rings. The van der Waals surface area contributed by atoms with Crippen LogP contribution >= 0.6 is 0 Å². The lowest BCUT2D eigenvalue weighted by molar-refractivity contribution is -0.116. The monoisotopic (exact) mass is 285 g/mol. The highest BCUT2D eigenvalue weighted by Gasteiger charge is 2.13. The summed E-state index contributed by atoms with van der Waals surface area (Å²) in [5.41, 5.74) is 14.4. The summed E-state index contributed by atoms with van der Waals surface area (Å²) in [4.78, 5) is 21.8. The number of hydrogen-bond acceptors (Lipinski definition) is 5. The molecule has 1 heterocycles. The number of aromatic nitrogens is 2. The summed E-state index contributed by atoms with van der Waals surface area (Å²) in [7, 11) is 0. The molecule has 1 aromatic heterocycles. The molecule has 0 aliphatic heterocycles. The Balaban J connectivity index is 2.26. The Morgan fingerprint density at radius 1 is 1.19 bits per heavy atom. The summed E-state index contributed by atoms with van der Waals surface area (Å²) in [6.45, 7) is 4.38.